The normalized spacial score (nSPS) is 10.8. The standard InChI is InChI=1S/C34H30N2O4S/c1-19-15-25(16-20(2)29(19)37)35-33(39)31-27(23-11-7-5-8-12-23)28(24-13-9-6-10-14-24)32(41-31)34(40)36-26-17-21(3)30(38)22(4)18-26/h5-18,37-38H,1-4H3,(H,35,39)(H,36,40). The molecule has 0 radical (unpaired) electrons. The minimum absolute atomic E-state index is 0.189. The van der Waals surface area contributed by atoms with Gasteiger partial charge in [0.1, 0.15) is 21.3 Å². The molecule has 5 aromatic rings. The zero-order valence-corrected chi connectivity index (χ0v) is 24.0. The molecule has 0 saturated carbocycles. The van der Waals surface area contributed by atoms with Crippen LogP contribution in [0.2, 0.25) is 0 Å². The van der Waals surface area contributed by atoms with Gasteiger partial charge in [0.15, 0.2) is 0 Å². The molecule has 5 rings (SSSR count). The summed E-state index contributed by atoms with van der Waals surface area (Å²) in [6.07, 6.45) is 0. The third kappa shape index (κ3) is 5.58. The first kappa shape index (κ1) is 27.7. The van der Waals surface area contributed by atoms with Gasteiger partial charge in [-0.3, -0.25) is 9.59 Å². The largest absolute Gasteiger partial charge is 0.507 e. The maximum absolute atomic E-state index is 13.9. The van der Waals surface area contributed by atoms with Crippen molar-refractivity contribution in [2.75, 3.05) is 10.6 Å². The van der Waals surface area contributed by atoms with Crippen LogP contribution in [0.3, 0.4) is 0 Å². The van der Waals surface area contributed by atoms with Crippen LogP contribution in [0.1, 0.15) is 41.6 Å². The van der Waals surface area contributed by atoms with Crippen molar-refractivity contribution in [1.82, 2.24) is 0 Å². The van der Waals surface area contributed by atoms with Crippen LogP contribution in [-0.4, -0.2) is 22.0 Å². The van der Waals surface area contributed by atoms with Crippen molar-refractivity contribution in [1.29, 1.82) is 0 Å². The van der Waals surface area contributed by atoms with Crippen LogP contribution in [0.15, 0.2) is 84.9 Å². The molecule has 206 valence electrons. The lowest BCUT2D eigenvalue weighted by Crippen LogP contribution is -2.12. The topological polar surface area (TPSA) is 98.7 Å². The van der Waals surface area contributed by atoms with Crippen LogP contribution in [0.4, 0.5) is 11.4 Å². The smallest absolute Gasteiger partial charge is 0.266 e. The molecule has 0 aliphatic rings. The number of aromatic hydroxyl groups is 2. The molecule has 6 nitrogen and oxygen atoms in total. The number of phenolic OH excluding ortho intramolecular Hbond substituents is 2. The average molecular weight is 563 g/mol. The molecule has 4 N–H and O–H groups in total. The van der Waals surface area contributed by atoms with Crippen molar-refractivity contribution < 1.29 is 19.8 Å². The molecule has 0 aliphatic heterocycles. The number of hydrogen-bond donors (Lipinski definition) is 4. The summed E-state index contributed by atoms with van der Waals surface area (Å²) in [7, 11) is 0. The van der Waals surface area contributed by atoms with Gasteiger partial charge in [-0.1, -0.05) is 60.7 Å². The van der Waals surface area contributed by atoms with Crippen molar-refractivity contribution in [3.63, 3.8) is 0 Å². The fourth-order valence-electron chi connectivity index (χ4n) is 4.94. The first-order valence-corrected chi connectivity index (χ1v) is 14.0. The van der Waals surface area contributed by atoms with Crippen molar-refractivity contribution in [3.05, 3.63) is 117 Å². The van der Waals surface area contributed by atoms with E-state index in [1.54, 1.807) is 52.0 Å². The number of carbonyl (C=O) groups excluding carboxylic acids is 2. The van der Waals surface area contributed by atoms with E-state index >= 15 is 0 Å². The SMILES string of the molecule is Cc1cc(NC(=O)c2sc(C(=O)Nc3cc(C)c(O)c(C)c3)c(-c3ccccc3)c2-c2ccccc2)cc(C)c1O. The Bertz CT molecular complexity index is 1600. The highest BCUT2D eigenvalue weighted by Crippen LogP contribution is 2.44. The van der Waals surface area contributed by atoms with Crippen LogP contribution in [-0.2, 0) is 0 Å². The molecule has 0 unspecified atom stereocenters. The summed E-state index contributed by atoms with van der Waals surface area (Å²) >= 11 is 1.13. The molecule has 0 aliphatic carbocycles. The van der Waals surface area contributed by atoms with Crippen molar-refractivity contribution in [2.24, 2.45) is 0 Å². The number of phenols is 2. The number of amides is 2. The third-order valence-corrected chi connectivity index (χ3v) is 8.13. The molecule has 0 saturated heterocycles. The fraction of sp³-hybridized carbons (Fsp3) is 0.118. The van der Waals surface area contributed by atoms with E-state index in [0.29, 0.717) is 54.5 Å². The minimum Gasteiger partial charge on any atom is -0.507 e. The summed E-state index contributed by atoms with van der Waals surface area (Å²) in [6, 6.07) is 26.0. The lowest BCUT2D eigenvalue weighted by atomic mass is 9.94. The number of benzene rings is 4. The van der Waals surface area contributed by atoms with Gasteiger partial charge < -0.3 is 20.8 Å². The van der Waals surface area contributed by atoms with Gasteiger partial charge in [-0.25, -0.2) is 0 Å². The number of aryl methyl sites for hydroxylation is 4. The lowest BCUT2D eigenvalue weighted by molar-refractivity contribution is 0.102. The zero-order valence-electron chi connectivity index (χ0n) is 23.2. The van der Waals surface area contributed by atoms with E-state index in [-0.39, 0.29) is 23.3 Å². The first-order valence-electron chi connectivity index (χ1n) is 13.1. The number of anilines is 2. The molecule has 0 fully saturated rings. The number of thiophene rings is 1. The Kier molecular flexibility index (Phi) is 7.64. The van der Waals surface area contributed by atoms with Gasteiger partial charge in [-0.15, -0.1) is 11.3 Å². The molecule has 4 aromatic carbocycles. The second-order valence-electron chi connectivity index (χ2n) is 10.1. The second-order valence-corrected chi connectivity index (χ2v) is 11.1. The molecular formula is C34H30N2O4S. The summed E-state index contributed by atoms with van der Waals surface area (Å²) < 4.78 is 0. The van der Waals surface area contributed by atoms with E-state index in [0.717, 1.165) is 22.5 Å². The van der Waals surface area contributed by atoms with E-state index in [1.165, 1.54) is 0 Å². The quantitative estimate of drug-likeness (QED) is 0.157. The summed E-state index contributed by atoms with van der Waals surface area (Å²) in [6.45, 7) is 7.12. The minimum atomic E-state index is -0.356. The van der Waals surface area contributed by atoms with Crippen LogP contribution >= 0.6 is 11.3 Å². The first-order chi connectivity index (χ1) is 19.6. The second kappa shape index (κ2) is 11.3. The molecule has 0 spiro atoms. The Balaban J connectivity index is 1.67. The van der Waals surface area contributed by atoms with Gasteiger partial charge in [0.05, 0.1) is 0 Å². The van der Waals surface area contributed by atoms with Crippen LogP contribution in [0, 0.1) is 27.7 Å². The van der Waals surface area contributed by atoms with E-state index in [4.69, 9.17) is 0 Å². The van der Waals surface area contributed by atoms with Gasteiger partial charge in [-0.05, 0) is 85.3 Å². The van der Waals surface area contributed by atoms with Crippen LogP contribution in [0.5, 0.6) is 11.5 Å². The highest BCUT2D eigenvalue weighted by Gasteiger charge is 2.28. The third-order valence-electron chi connectivity index (χ3n) is 6.94. The molecule has 41 heavy (non-hydrogen) atoms. The number of hydrogen-bond acceptors (Lipinski definition) is 5. The molecule has 1 aromatic heterocycles. The van der Waals surface area contributed by atoms with Crippen molar-refractivity contribution >= 4 is 34.5 Å². The van der Waals surface area contributed by atoms with Gasteiger partial charge >= 0.3 is 0 Å². The Hall–Kier alpha value is -4.88. The summed E-state index contributed by atoms with van der Waals surface area (Å²) in [5.74, 6) is -0.333. The highest BCUT2D eigenvalue weighted by molar-refractivity contribution is 7.17. The predicted molar refractivity (Wildman–Crippen MR) is 166 cm³/mol. The lowest BCUT2D eigenvalue weighted by Gasteiger charge is -2.12. The number of carbonyl (C=O) groups is 2. The highest BCUT2D eigenvalue weighted by atomic mass is 32.1. The monoisotopic (exact) mass is 562 g/mol. The Labute approximate surface area is 243 Å². The maximum Gasteiger partial charge on any atom is 0.266 e. The van der Waals surface area contributed by atoms with Crippen LogP contribution < -0.4 is 10.6 Å². The zero-order chi connectivity index (χ0) is 29.3. The summed E-state index contributed by atoms with van der Waals surface area (Å²) in [4.78, 5) is 28.6. The van der Waals surface area contributed by atoms with E-state index < -0.39 is 0 Å². The molecule has 1 heterocycles. The summed E-state index contributed by atoms with van der Waals surface area (Å²) in [5.41, 5.74) is 6.65. The van der Waals surface area contributed by atoms with Gasteiger partial charge in [0, 0.05) is 22.5 Å². The average Bonchev–Trinajstić information content (AvgIpc) is 3.37. The Morgan fingerprint density at radius 3 is 1.20 bits per heavy atom. The predicted octanol–water partition coefficient (Wildman–Crippen LogP) is 8.23. The van der Waals surface area contributed by atoms with E-state index in [9.17, 15) is 19.8 Å². The summed E-state index contributed by atoms with van der Waals surface area (Å²) in [5, 5.41) is 26.4. The Morgan fingerprint density at radius 1 is 0.561 bits per heavy atom. The fourth-order valence-corrected chi connectivity index (χ4v) is 6.08. The van der Waals surface area contributed by atoms with Gasteiger partial charge in [-0.2, -0.15) is 0 Å². The van der Waals surface area contributed by atoms with E-state index in [1.807, 2.05) is 60.7 Å². The molecule has 7 heteroatoms. The molecule has 0 bridgehead atoms. The molecular weight excluding hydrogens is 532 g/mol. The van der Waals surface area contributed by atoms with Gasteiger partial charge in [0.25, 0.3) is 11.8 Å². The number of nitrogens with one attached hydrogen (secondary N) is 2. The van der Waals surface area contributed by atoms with E-state index in [2.05, 4.69) is 10.6 Å². The van der Waals surface area contributed by atoms with Crippen molar-refractivity contribution in [3.8, 4) is 33.8 Å². The molecule has 0 atom stereocenters. The molecule has 2 amide bonds. The van der Waals surface area contributed by atoms with Gasteiger partial charge in [0.2, 0.25) is 0 Å². The maximum atomic E-state index is 13.9. The van der Waals surface area contributed by atoms with Crippen LogP contribution in [0.25, 0.3) is 22.3 Å². The van der Waals surface area contributed by atoms with Crippen molar-refractivity contribution in [2.45, 2.75) is 27.7 Å². The number of rotatable bonds is 6. The Morgan fingerprint density at radius 2 is 0.878 bits per heavy atom.